The molecule has 1 saturated heterocycles. The van der Waals surface area contributed by atoms with Crippen LogP contribution in [0.5, 0.6) is 5.75 Å². The number of fused-ring (bicyclic) bond motifs is 9. The molecule has 3 heterocycles. The molecule has 2 aliphatic heterocycles. The third-order valence-corrected chi connectivity index (χ3v) is 12.8. The Kier molecular flexibility index (Phi) is 6.56. The van der Waals surface area contributed by atoms with Gasteiger partial charge in [0.2, 0.25) is 11.8 Å². The number of carbonyl (C=O) groups is 2. The minimum absolute atomic E-state index is 0.0141. The number of carbonyl (C=O) groups excluding carboxylic acids is 2. The molecule has 5 unspecified atom stereocenters. The fraction of sp³-hybridized carbons (Fsp3) is 0.303. The van der Waals surface area contributed by atoms with Crippen LogP contribution >= 0.6 is 46.3 Å². The first-order valence-electron chi connectivity index (χ1n) is 14.3. The zero-order valence-corrected chi connectivity index (χ0v) is 26.1. The van der Waals surface area contributed by atoms with Crippen LogP contribution in [-0.4, -0.2) is 22.0 Å². The minimum Gasteiger partial charge on any atom is -0.489 e. The van der Waals surface area contributed by atoms with Gasteiger partial charge in [0.15, 0.2) is 0 Å². The van der Waals surface area contributed by atoms with Gasteiger partial charge in [0.05, 0.1) is 22.5 Å². The van der Waals surface area contributed by atoms with E-state index in [2.05, 4.69) is 24.0 Å². The largest absolute Gasteiger partial charge is 0.489 e. The second-order valence-electron chi connectivity index (χ2n) is 11.8. The number of aromatic amines is 1. The Labute approximate surface area is 266 Å². The summed E-state index contributed by atoms with van der Waals surface area (Å²) < 4.78 is 6.48. The van der Waals surface area contributed by atoms with Crippen molar-refractivity contribution in [3.63, 3.8) is 0 Å². The van der Waals surface area contributed by atoms with Gasteiger partial charge in [-0.25, -0.2) is 0 Å². The molecule has 0 spiro atoms. The van der Waals surface area contributed by atoms with Crippen molar-refractivity contribution in [2.75, 3.05) is 4.90 Å². The molecule has 1 N–H and O–H groups in total. The van der Waals surface area contributed by atoms with Gasteiger partial charge in [0.25, 0.3) is 0 Å². The van der Waals surface area contributed by atoms with Crippen LogP contribution < -0.4 is 14.5 Å². The van der Waals surface area contributed by atoms with Gasteiger partial charge in [0.1, 0.15) is 12.4 Å². The van der Waals surface area contributed by atoms with Crippen LogP contribution in [-0.2, 0) is 16.2 Å². The number of nitrogens with one attached hydrogen (secondary N) is 1. The summed E-state index contributed by atoms with van der Waals surface area (Å²) in [7, 11) is 0. The normalized spacial score (nSPS) is 28.6. The van der Waals surface area contributed by atoms with Crippen molar-refractivity contribution in [3.8, 4) is 5.75 Å². The minimum atomic E-state index is -0.398. The highest BCUT2D eigenvalue weighted by Crippen LogP contribution is 2.69. The Balaban J connectivity index is 1.20. The van der Waals surface area contributed by atoms with Crippen molar-refractivity contribution in [2.45, 2.75) is 36.1 Å². The lowest BCUT2D eigenvalue weighted by Crippen LogP contribution is -2.42. The number of rotatable bonds is 5. The Morgan fingerprint density at radius 3 is 2.42 bits per heavy atom. The molecule has 3 fully saturated rings. The topological polar surface area (TPSA) is 79.5 Å². The summed E-state index contributed by atoms with van der Waals surface area (Å²) in [6, 6.07) is 20.7. The first kappa shape index (κ1) is 27.5. The molecule has 3 aromatic carbocycles. The highest BCUT2D eigenvalue weighted by molar-refractivity contribution is 8.00. The van der Waals surface area contributed by atoms with Gasteiger partial charge in [-0.3, -0.25) is 19.3 Å². The Morgan fingerprint density at radius 1 is 0.930 bits per heavy atom. The maximum absolute atomic E-state index is 14.0. The molecule has 2 bridgehead atoms. The lowest BCUT2D eigenvalue weighted by Gasteiger charge is -2.43. The van der Waals surface area contributed by atoms with Crippen LogP contribution in [0.4, 0.5) is 5.69 Å². The number of halogens is 2. The quantitative estimate of drug-likeness (QED) is 0.230. The molecule has 4 aromatic rings. The van der Waals surface area contributed by atoms with Gasteiger partial charge in [-0.15, -0.1) is 11.8 Å². The summed E-state index contributed by atoms with van der Waals surface area (Å²) in [5.41, 5.74) is 3.72. The van der Waals surface area contributed by atoms with E-state index in [1.165, 1.54) is 16.2 Å². The molecule has 43 heavy (non-hydrogen) atoms. The Bertz CT molecular complexity index is 1850. The lowest BCUT2D eigenvalue weighted by molar-refractivity contribution is -0.123. The number of nitrogens with zero attached hydrogens (tertiary/aromatic N) is 1. The van der Waals surface area contributed by atoms with Gasteiger partial charge >= 0.3 is 4.87 Å². The molecule has 7 atom stereocenters. The van der Waals surface area contributed by atoms with Crippen LogP contribution in [0.15, 0.2) is 76.6 Å². The van der Waals surface area contributed by atoms with E-state index in [4.69, 9.17) is 27.9 Å². The maximum Gasteiger partial charge on any atom is 0.305 e. The van der Waals surface area contributed by atoms with Crippen molar-refractivity contribution in [1.29, 1.82) is 0 Å². The maximum atomic E-state index is 14.0. The number of thiazole rings is 1. The van der Waals surface area contributed by atoms with Gasteiger partial charge < -0.3 is 9.72 Å². The molecular formula is C33H26Cl2N2O4S2. The molecular weight excluding hydrogens is 623 g/mol. The molecule has 4 aliphatic rings. The highest BCUT2D eigenvalue weighted by Gasteiger charge is 2.69. The number of anilines is 1. The van der Waals surface area contributed by atoms with Crippen LogP contribution in [0.25, 0.3) is 0 Å². The van der Waals surface area contributed by atoms with Crippen molar-refractivity contribution in [3.05, 3.63) is 108 Å². The molecule has 10 heteroatoms. The first-order chi connectivity index (χ1) is 20.8. The van der Waals surface area contributed by atoms with Gasteiger partial charge in [-0.05, 0) is 84.7 Å². The number of H-pyrrole nitrogens is 1. The van der Waals surface area contributed by atoms with E-state index in [1.54, 1.807) is 36.0 Å². The van der Waals surface area contributed by atoms with Crippen molar-refractivity contribution >= 4 is 63.8 Å². The molecule has 8 rings (SSSR count). The number of imide groups is 1. The van der Waals surface area contributed by atoms with E-state index in [1.807, 2.05) is 30.3 Å². The number of benzene rings is 3. The Hall–Kier alpha value is -3.04. The fourth-order valence-electron chi connectivity index (χ4n) is 8.03. The molecule has 2 amide bonds. The smallest absolute Gasteiger partial charge is 0.305 e. The molecule has 2 aliphatic carbocycles. The number of amides is 2. The molecule has 6 nitrogen and oxygen atoms in total. The highest BCUT2D eigenvalue weighted by atomic mass is 35.5. The number of aromatic nitrogens is 1. The number of hydrogen-bond donors (Lipinski definition) is 1. The summed E-state index contributed by atoms with van der Waals surface area (Å²) >= 11 is 15.6. The number of aryl methyl sites for hydroxylation is 1. The third kappa shape index (κ3) is 4.25. The van der Waals surface area contributed by atoms with Crippen LogP contribution in [0, 0.1) is 36.5 Å². The van der Waals surface area contributed by atoms with Crippen LogP contribution in [0.2, 0.25) is 10.0 Å². The molecule has 1 aromatic heterocycles. The number of ether oxygens (including phenoxy) is 1. The van der Waals surface area contributed by atoms with Crippen LogP contribution in [0.1, 0.15) is 33.9 Å². The summed E-state index contributed by atoms with van der Waals surface area (Å²) in [6.45, 7) is 2.46. The van der Waals surface area contributed by atoms with Gasteiger partial charge in [-0.1, -0.05) is 58.8 Å². The predicted molar refractivity (Wildman–Crippen MR) is 169 cm³/mol. The molecule has 218 valence electrons. The molecule has 2 saturated carbocycles. The summed E-state index contributed by atoms with van der Waals surface area (Å²) in [4.78, 5) is 45.9. The van der Waals surface area contributed by atoms with Crippen molar-refractivity contribution in [1.82, 2.24) is 4.98 Å². The summed E-state index contributed by atoms with van der Waals surface area (Å²) in [5, 5.41) is 2.05. The zero-order valence-electron chi connectivity index (χ0n) is 23.0. The van der Waals surface area contributed by atoms with Crippen molar-refractivity contribution < 1.29 is 14.3 Å². The van der Waals surface area contributed by atoms with Gasteiger partial charge in [-0.2, -0.15) is 0 Å². The van der Waals surface area contributed by atoms with E-state index in [0.29, 0.717) is 28.1 Å². The second kappa shape index (κ2) is 10.3. The Morgan fingerprint density at radius 2 is 1.65 bits per heavy atom. The number of thioether (sulfide) groups is 1. The third-order valence-electron chi connectivity index (χ3n) is 9.76. The zero-order chi connectivity index (χ0) is 29.6. The summed E-state index contributed by atoms with van der Waals surface area (Å²) in [6.07, 6.45) is 0.805. The van der Waals surface area contributed by atoms with E-state index in [-0.39, 0.29) is 51.5 Å². The SMILES string of the molecule is Cc1ccccc1COc1ccc(Cl)cc1C1c2sc(=O)[nH]c2SC2C1[C@H]1C[C@@H]2C2C(=O)N(c3ccc(Cl)cc3)C(=O)C21. The van der Waals surface area contributed by atoms with E-state index >= 15 is 0 Å². The molecule has 0 radical (unpaired) electrons. The predicted octanol–water partition coefficient (Wildman–Crippen LogP) is 7.31. The summed E-state index contributed by atoms with van der Waals surface area (Å²) in [5.74, 6) is -0.470. The lowest BCUT2D eigenvalue weighted by atomic mass is 9.68. The van der Waals surface area contributed by atoms with Gasteiger partial charge in [0, 0.05) is 31.7 Å². The average Bonchev–Trinajstić information content (AvgIpc) is 3.72. The van der Waals surface area contributed by atoms with E-state index in [9.17, 15) is 14.4 Å². The van der Waals surface area contributed by atoms with Crippen molar-refractivity contribution in [2.24, 2.45) is 29.6 Å². The van der Waals surface area contributed by atoms with Crippen LogP contribution in [0.3, 0.4) is 0 Å². The number of hydrogen-bond acceptors (Lipinski definition) is 6. The second-order valence-corrected chi connectivity index (χ2v) is 14.9. The van der Waals surface area contributed by atoms with E-state index in [0.717, 1.165) is 33.0 Å². The fourth-order valence-corrected chi connectivity index (χ4v) is 11.2. The first-order valence-corrected chi connectivity index (χ1v) is 16.7. The van der Waals surface area contributed by atoms with E-state index < -0.39 is 5.92 Å². The standard InChI is InChI=1S/C33H26Cl2N2O4S2/c1-15-4-2-3-5-16(15)14-41-23-11-8-18(35)12-20(23)24-25-21-13-22(28(25)42-30-29(24)43-33(40)36-30)27-26(21)31(38)37(32(27)39)19-9-6-17(34)7-10-19/h2-12,21-22,24-28H,13-14H2,1H3,(H,36,40)/t21-,22-,24?,25?,26?,27?,28?/m1/s1. The average molecular weight is 650 g/mol. The monoisotopic (exact) mass is 648 g/mol.